The van der Waals surface area contributed by atoms with Crippen molar-refractivity contribution in [3.63, 3.8) is 0 Å². The number of nitrogens with zero attached hydrogens (tertiary/aromatic N) is 1. The minimum Gasteiger partial charge on any atom is -0.497 e. The van der Waals surface area contributed by atoms with Crippen LogP contribution < -0.4 is 15.4 Å². The van der Waals surface area contributed by atoms with Gasteiger partial charge in [-0.15, -0.1) is 24.0 Å². The molecular weight excluding hydrogens is 448 g/mol. The Morgan fingerprint density at radius 1 is 1.12 bits per heavy atom. The Kier molecular flexibility index (Phi) is 11.5. The van der Waals surface area contributed by atoms with Crippen molar-refractivity contribution in [2.45, 2.75) is 19.3 Å². The maximum atomic E-state index is 12.3. The topological polar surface area (TPSA) is 58.8 Å². The summed E-state index contributed by atoms with van der Waals surface area (Å²) >= 11 is 0. The monoisotopic (exact) mass is 475 g/mol. The van der Waals surface area contributed by atoms with Crippen LogP contribution in [-0.4, -0.2) is 39.4 Å². The van der Waals surface area contributed by atoms with Crippen LogP contribution in [0.3, 0.4) is 0 Å². The van der Waals surface area contributed by atoms with Gasteiger partial charge in [-0.1, -0.05) is 12.1 Å². The number of hydrogen-bond donors (Lipinski definition) is 2. The molecule has 26 heavy (non-hydrogen) atoms. The number of furan rings is 1. The maximum Gasteiger partial charge on any atom is 0.191 e. The summed E-state index contributed by atoms with van der Waals surface area (Å²) in [5, 5.41) is 6.55. The number of aliphatic imine (C=N–C) groups is 1. The molecule has 1 aromatic heterocycles. The molecule has 1 heterocycles. The molecule has 0 radical (unpaired) electrons. The van der Waals surface area contributed by atoms with Gasteiger partial charge in [0.2, 0.25) is 0 Å². The summed E-state index contributed by atoms with van der Waals surface area (Å²) in [4.78, 5) is 4.39. The average molecular weight is 475 g/mol. The van der Waals surface area contributed by atoms with E-state index in [1.807, 2.05) is 36.4 Å². The van der Waals surface area contributed by atoms with E-state index in [-0.39, 0.29) is 30.7 Å². The van der Waals surface area contributed by atoms with Crippen LogP contribution >= 0.6 is 24.0 Å². The summed E-state index contributed by atoms with van der Waals surface area (Å²) in [5.74, 6) is 2.48. The average Bonchev–Trinajstić information content (AvgIpc) is 3.15. The molecule has 0 saturated carbocycles. The van der Waals surface area contributed by atoms with Gasteiger partial charge in [0.15, 0.2) is 5.96 Å². The van der Waals surface area contributed by atoms with Crippen molar-refractivity contribution in [3.8, 4) is 5.75 Å². The number of ether oxygens (including phenoxy) is 1. The third-order valence-electron chi connectivity index (χ3n) is 3.67. The second-order valence-corrected chi connectivity index (χ2v) is 5.55. The predicted molar refractivity (Wildman–Crippen MR) is 113 cm³/mol. The van der Waals surface area contributed by atoms with Gasteiger partial charge in [-0.05, 0) is 42.7 Å². The van der Waals surface area contributed by atoms with Gasteiger partial charge in [-0.2, -0.15) is 0 Å². The van der Waals surface area contributed by atoms with Gasteiger partial charge >= 0.3 is 0 Å². The number of rotatable bonds is 10. The first kappa shape index (κ1) is 22.3. The van der Waals surface area contributed by atoms with Crippen molar-refractivity contribution >= 4 is 29.9 Å². The van der Waals surface area contributed by atoms with Gasteiger partial charge in [0.05, 0.1) is 20.0 Å². The highest BCUT2D eigenvalue weighted by molar-refractivity contribution is 14.0. The third-order valence-corrected chi connectivity index (χ3v) is 3.67. The van der Waals surface area contributed by atoms with Crippen LogP contribution in [0.5, 0.6) is 5.75 Å². The van der Waals surface area contributed by atoms with E-state index in [1.54, 1.807) is 13.4 Å². The van der Waals surface area contributed by atoms with Gasteiger partial charge in [0.1, 0.15) is 11.5 Å². The fourth-order valence-corrected chi connectivity index (χ4v) is 2.30. The van der Waals surface area contributed by atoms with E-state index < -0.39 is 0 Å². The van der Waals surface area contributed by atoms with Crippen LogP contribution in [0.2, 0.25) is 0 Å². The molecule has 0 bridgehead atoms. The van der Waals surface area contributed by atoms with Gasteiger partial charge in [0.25, 0.3) is 0 Å². The summed E-state index contributed by atoms with van der Waals surface area (Å²) in [6.45, 7) is 1.57. The minimum absolute atomic E-state index is 0. The highest BCUT2D eigenvalue weighted by atomic mass is 127. The lowest BCUT2D eigenvalue weighted by Crippen LogP contribution is -2.39. The molecule has 2 rings (SSSR count). The lowest BCUT2D eigenvalue weighted by molar-refractivity contribution is 0.414. The molecule has 0 aliphatic heterocycles. The Morgan fingerprint density at radius 2 is 1.85 bits per heavy atom. The number of hydrogen-bond acceptors (Lipinski definition) is 3. The summed E-state index contributed by atoms with van der Waals surface area (Å²) in [6.07, 6.45) is 3.74. The molecular formula is C19H27FIN3O2. The lowest BCUT2D eigenvalue weighted by Gasteiger charge is -2.12. The van der Waals surface area contributed by atoms with E-state index in [1.165, 1.54) is 5.56 Å². The van der Waals surface area contributed by atoms with Crippen molar-refractivity contribution in [3.05, 3.63) is 54.0 Å². The molecule has 1 aromatic carbocycles. The quantitative estimate of drug-likeness (QED) is 0.239. The third kappa shape index (κ3) is 8.55. The normalized spacial score (nSPS) is 10.9. The Bertz CT molecular complexity index is 618. The molecule has 0 fully saturated rings. The molecule has 144 valence electrons. The van der Waals surface area contributed by atoms with Gasteiger partial charge in [-0.3, -0.25) is 9.38 Å². The molecule has 0 aliphatic rings. The number of guanidine groups is 1. The SMILES string of the molecule is COc1ccc(CCNC(=NCCCF)NCCc2ccco2)cc1.I. The van der Waals surface area contributed by atoms with E-state index in [0.29, 0.717) is 25.5 Å². The molecule has 0 aliphatic carbocycles. The fraction of sp³-hybridized carbons (Fsp3) is 0.421. The van der Waals surface area contributed by atoms with Crippen LogP contribution in [0.15, 0.2) is 52.1 Å². The van der Waals surface area contributed by atoms with Crippen molar-refractivity contribution in [1.29, 1.82) is 0 Å². The number of benzene rings is 1. The van der Waals surface area contributed by atoms with Gasteiger partial charge in [-0.25, -0.2) is 0 Å². The number of nitrogens with one attached hydrogen (secondary N) is 2. The van der Waals surface area contributed by atoms with E-state index in [4.69, 9.17) is 9.15 Å². The number of methoxy groups -OCH3 is 1. The second-order valence-electron chi connectivity index (χ2n) is 5.55. The van der Waals surface area contributed by atoms with E-state index in [9.17, 15) is 4.39 Å². The van der Waals surface area contributed by atoms with E-state index in [0.717, 1.165) is 30.9 Å². The maximum absolute atomic E-state index is 12.3. The fourth-order valence-electron chi connectivity index (χ4n) is 2.30. The highest BCUT2D eigenvalue weighted by Gasteiger charge is 2.01. The zero-order chi connectivity index (χ0) is 17.7. The molecule has 0 amide bonds. The van der Waals surface area contributed by atoms with Crippen LogP contribution in [0, 0.1) is 0 Å². The highest BCUT2D eigenvalue weighted by Crippen LogP contribution is 2.11. The van der Waals surface area contributed by atoms with Gasteiger partial charge < -0.3 is 19.8 Å². The van der Waals surface area contributed by atoms with Crippen molar-refractivity contribution in [1.82, 2.24) is 10.6 Å². The Labute approximate surface area is 171 Å². The molecule has 0 saturated heterocycles. The largest absolute Gasteiger partial charge is 0.497 e. The van der Waals surface area contributed by atoms with E-state index >= 15 is 0 Å². The minimum atomic E-state index is -0.352. The molecule has 0 spiro atoms. The van der Waals surface area contributed by atoms with E-state index in [2.05, 4.69) is 15.6 Å². The summed E-state index contributed by atoms with van der Waals surface area (Å²) in [6, 6.07) is 11.8. The lowest BCUT2D eigenvalue weighted by atomic mass is 10.1. The summed E-state index contributed by atoms with van der Waals surface area (Å²) < 4.78 is 22.8. The van der Waals surface area contributed by atoms with Crippen LogP contribution in [0.1, 0.15) is 17.7 Å². The Balaban J connectivity index is 0.00000338. The molecule has 0 atom stereocenters. The number of alkyl halides is 1. The first-order chi connectivity index (χ1) is 12.3. The first-order valence-electron chi connectivity index (χ1n) is 8.55. The zero-order valence-corrected chi connectivity index (χ0v) is 17.4. The predicted octanol–water partition coefficient (Wildman–Crippen LogP) is 3.59. The van der Waals surface area contributed by atoms with Crippen LogP contribution in [0.25, 0.3) is 0 Å². The second kappa shape index (κ2) is 13.4. The molecule has 2 aromatic rings. The summed E-state index contributed by atoms with van der Waals surface area (Å²) in [7, 11) is 1.66. The Hall–Kier alpha value is -1.77. The zero-order valence-electron chi connectivity index (χ0n) is 15.0. The van der Waals surface area contributed by atoms with Crippen LogP contribution in [0.4, 0.5) is 4.39 Å². The molecule has 0 unspecified atom stereocenters. The van der Waals surface area contributed by atoms with Gasteiger partial charge in [0, 0.05) is 26.1 Å². The molecule has 5 nitrogen and oxygen atoms in total. The van der Waals surface area contributed by atoms with Crippen molar-refractivity contribution < 1.29 is 13.5 Å². The van der Waals surface area contributed by atoms with Crippen molar-refractivity contribution in [2.75, 3.05) is 33.4 Å². The summed E-state index contributed by atoms with van der Waals surface area (Å²) in [5.41, 5.74) is 1.21. The Morgan fingerprint density at radius 3 is 2.46 bits per heavy atom. The molecule has 7 heteroatoms. The smallest absolute Gasteiger partial charge is 0.191 e. The first-order valence-corrected chi connectivity index (χ1v) is 8.55. The van der Waals surface area contributed by atoms with Crippen LogP contribution in [-0.2, 0) is 12.8 Å². The van der Waals surface area contributed by atoms with Crippen molar-refractivity contribution in [2.24, 2.45) is 4.99 Å². The standard InChI is InChI=1S/C19H26FN3O2.HI/c1-24-17-7-5-16(6-8-17)9-13-22-19(21-12-3-11-20)23-14-10-18-4-2-15-25-18;/h2,4-8,15H,3,9-14H2,1H3,(H2,21,22,23);1H. The molecule has 2 N–H and O–H groups in total. The number of halogens is 2.